The summed E-state index contributed by atoms with van der Waals surface area (Å²) in [5, 5.41) is 4.99. The van der Waals surface area contributed by atoms with Gasteiger partial charge in [0.25, 0.3) is 11.8 Å². The number of urea groups is 1. The second-order valence-electron chi connectivity index (χ2n) is 6.89. The molecule has 0 bridgehead atoms. The first-order valence-corrected chi connectivity index (χ1v) is 8.72. The largest absolute Gasteiger partial charge is 0.356 e. The molecule has 0 aromatic carbocycles. The molecule has 0 radical (unpaired) electrons. The Hall–Kier alpha value is -2.64. The van der Waals surface area contributed by atoms with Gasteiger partial charge in [0.2, 0.25) is 0 Å². The second kappa shape index (κ2) is 6.02. The molecule has 4 amide bonds. The zero-order chi connectivity index (χ0) is 17.4. The van der Waals surface area contributed by atoms with Crippen LogP contribution in [-0.2, 0) is 4.79 Å². The minimum atomic E-state index is -0.999. The van der Waals surface area contributed by atoms with Crippen molar-refractivity contribution in [1.82, 2.24) is 20.5 Å². The van der Waals surface area contributed by atoms with Crippen molar-refractivity contribution in [2.75, 3.05) is 31.1 Å². The fraction of sp³-hybridized carbons (Fsp3) is 0.529. The van der Waals surface area contributed by atoms with Crippen LogP contribution in [0.2, 0.25) is 0 Å². The lowest BCUT2D eigenvalue weighted by atomic mass is 9.89. The van der Waals surface area contributed by atoms with Gasteiger partial charge in [-0.15, -0.1) is 0 Å². The first kappa shape index (κ1) is 15.9. The molecule has 1 unspecified atom stereocenters. The third-order valence-corrected chi connectivity index (χ3v) is 5.22. The maximum atomic E-state index is 13.1. The first-order valence-electron chi connectivity index (χ1n) is 8.72. The smallest absolute Gasteiger partial charge is 0.322 e. The Labute approximate surface area is 145 Å². The molecule has 4 rings (SSSR count). The van der Waals surface area contributed by atoms with E-state index in [1.165, 1.54) is 0 Å². The molecule has 8 heteroatoms. The van der Waals surface area contributed by atoms with Crippen molar-refractivity contribution in [3.8, 4) is 0 Å². The highest BCUT2D eigenvalue weighted by atomic mass is 16.2. The van der Waals surface area contributed by atoms with Gasteiger partial charge < -0.3 is 15.1 Å². The lowest BCUT2D eigenvalue weighted by Crippen LogP contribution is -2.59. The van der Waals surface area contributed by atoms with Gasteiger partial charge in [0.15, 0.2) is 0 Å². The Balaban J connectivity index is 1.59. The molecule has 3 aliphatic rings. The third-order valence-electron chi connectivity index (χ3n) is 5.22. The number of carbonyl (C=O) groups is 3. The number of amides is 4. The molecule has 25 heavy (non-hydrogen) atoms. The summed E-state index contributed by atoms with van der Waals surface area (Å²) < 4.78 is 0. The van der Waals surface area contributed by atoms with Crippen molar-refractivity contribution in [1.29, 1.82) is 0 Å². The summed E-state index contributed by atoms with van der Waals surface area (Å²) in [7, 11) is 0. The number of hydrogen-bond donors (Lipinski definition) is 2. The number of aromatic nitrogens is 1. The normalized spacial score (nSPS) is 26.1. The standard InChI is InChI=1S/C17H21N5O3/c23-14(12-5-3-7-18-13(12)21-8-1-2-9-21)22-10-4-6-17(11-22)15(24)19-16(25)20-17/h3,5,7H,1-2,4,6,8-11H2,(H2,19,20,24,25). The van der Waals surface area contributed by atoms with Gasteiger partial charge >= 0.3 is 6.03 Å². The lowest BCUT2D eigenvalue weighted by Gasteiger charge is -2.38. The molecule has 1 aromatic heterocycles. The number of anilines is 1. The fourth-order valence-corrected chi connectivity index (χ4v) is 3.96. The van der Waals surface area contributed by atoms with Crippen LogP contribution < -0.4 is 15.5 Å². The van der Waals surface area contributed by atoms with E-state index >= 15 is 0 Å². The Morgan fingerprint density at radius 2 is 1.96 bits per heavy atom. The number of piperidine rings is 1. The number of pyridine rings is 1. The van der Waals surface area contributed by atoms with Crippen molar-refractivity contribution < 1.29 is 14.4 Å². The van der Waals surface area contributed by atoms with Crippen LogP contribution in [0.3, 0.4) is 0 Å². The van der Waals surface area contributed by atoms with Crippen LogP contribution in [0.15, 0.2) is 18.3 Å². The number of rotatable bonds is 2. The average molecular weight is 343 g/mol. The van der Waals surface area contributed by atoms with Crippen LogP contribution in [0.4, 0.5) is 10.6 Å². The van der Waals surface area contributed by atoms with E-state index < -0.39 is 11.6 Å². The Kier molecular flexibility index (Phi) is 3.82. The zero-order valence-corrected chi connectivity index (χ0v) is 14.0. The van der Waals surface area contributed by atoms with E-state index in [2.05, 4.69) is 20.5 Å². The molecule has 1 atom stereocenters. The quantitative estimate of drug-likeness (QED) is 0.763. The predicted octanol–water partition coefficient (Wildman–Crippen LogP) is 0.496. The van der Waals surface area contributed by atoms with Crippen molar-refractivity contribution >= 4 is 23.7 Å². The van der Waals surface area contributed by atoms with Gasteiger partial charge in [-0.05, 0) is 37.8 Å². The highest BCUT2D eigenvalue weighted by Crippen LogP contribution is 2.28. The van der Waals surface area contributed by atoms with Crippen LogP contribution in [0.25, 0.3) is 0 Å². The first-order chi connectivity index (χ1) is 12.1. The van der Waals surface area contributed by atoms with Crippen molar-refractivity contribution in [3.63, 3.8) is 0 Å². The molecule has 132 valence electrons. The number of nitrogens with one attached hydrogen (secondary N) is 2. The SMILES string of the molecule is O=C1NC(=O)C2(CCCN(C(=O)c3cccnc3N3CCCC3)C2)N1. The summed E-state index contributed by atoms with van der Waals surface area (Å²) in [5.41, 5.74) is -0.438. The highest BCUT2D eigenvalue weighted by Gasteiger charge is 2.49. The molecule has 1 aromatic rings. The molecule has 1 spiro atoms. The Bertz CT molecular complexity index is 731. The van der Waals surface area contributed by atoms with Gasteiger partial charge in [-0.2, -0.15) is 0 Å². The van der Waals surface area contributed by atoms with Crippen LogP contribution in [-0.4, -0.2) is 59.4 Å². The van der Waals surface area contributed by atoms with Gasteiger partial charge in [0.05, 0.1) is 12.1 Å². The number of likely N-dealkylation sites (tertiary alicyclic amines) is 1. The number of nitrogens with zero attached hydrogens (tertiary/aromatic N) is 3. The molecule has 8 nitrogen and oxygen atoms in total. The molecule has 4 heterocycles. The number of carbonyl (C=O) groups excluding carboxylic acids is 3. The van der Waals surface area contributed by atoms with Crippen LogP contribution in [0.5, 0.6) is 0 Å². The van der Waals surface area contributed by atoms with Gasteiger partial charge in [-0.3, -0.25) is 14.9 Å². The van der Waals surface area contributed by atoms with Crippen LogP contribution >= 0.6 is 0 Å². The van der Waals surface area contributed by atoms with E-state index in [1.54, 1.807) is 23.2 Å². The topological polar surface area (TPSA) is 94.6 Å². The summed E-state index contributed by atoms with van der Waals surface area (Å²) in [6.07, 6.45) is 5.11. The molecule has 3 fully saturated rings. The highest BCUT2D eigenvalue weighted by molar-refractivity contribution is 6.08. The van der Waals surface area contributed by atoms with E-state index in [0.29, 0.717) is 30.8 Å². The molecular formula is C17H21N5O3. The summed E-state index contributed by atoms with van der Waals surface area (Å²) in [6, 6.07) is 3.06. The van der Waals surface area contributed by atoms with Crippen LogP contribution in [0.1, 0.15) is 36.0 Å². The van der Waals surface area contributed by atoms with E-state index in [-0.39, 0.29) is 18.4 Å². The molecule has 0 saturated carbocycles. The molecule has 0 aliphatic carbocycles. The minimum absolute atomic E-state index is 0.136. The van der Waals surface area contributed by atoms with Crippen molar-refractivity contribution in [2.45, 2.75) is 31.2 Å². The maximum absolute atomic E-state index is 13.1. The molecule has 3 saturated heterocycles. The van der Waals surface area contributed by atoms with Gasteiger partial charge in [-0.1, -0.05) is 0 Å². The monoisotopic (exact) mass is 343 g/mol. The molecule has 2 N–H and O–H groups in total. The lowest BCUT2D eigenvalue weighted by molar-refractivity contribution is -0.125. The maximum Gasteiger partial charge on any atom is 0.322 e. The second-order valence-corrected chi connectivity index (χ2v) is 6.89. The van der Waals surface area contributed by atoms with E-state index in [9.17, 15) is 14.4 Å². The van der Waals surface area contributed by atoms with E-state index in [4.69, 9.17) is 0 Å². The summed E-state index contributed by atoms with van der Waals surface area (Å²) in [5.74, 6) is 0.230. The summed E-state index contributed by atoms with van der Waals surface area (Å²) in [6.45, 7) is 2.56. The summed E-state index contributed by atoms with van der Waals surface area (Å²) in [4.78, 5) is 45.1. The summed E-state index contributed by atoms with van der Waals surface area (Å²) >= 11 is 0. The predicted molar refractivity (Wildman–Crippen MR) is 90.2 cm³/mol. The van der Waals surface area contributed by atoms with Crippen molar-refractivity contribution in [3.05, 3.63) is 23.9 Å². The van der Waals surface area contributed by atoms with Crippen molar-refractivity contribution in [2.24, 2.45) is 0 Å². The molecular weight excluding hydrogens is 322 g/mol. The van der Waals surface area contributed by atoms with Gasteiger partial charge in [0.1, 0.15) is 11.4 Å². The fourth-order valence-electron chi connectivity index (χ4n) is 3.96. The molecule has 3 aliphatic heterocycles. The van der Waals surface area contributed by atoms with Gasteiger partial charge in [0, 0.05) is 25.8 Å². The Morgan fingerprint density at radius 1 is 1.16 bits per heavy atom. The average Bonchev–Trinajstić information content (AvgIpc) is 3.23. The minimum Gasteiger partial charge on any atom is -0.356 e. The zero-order valence-electron chi connectivity index (χ0n) is 14.0. The Morgan fingerprint density at radius 3 is 2.68 bits per heavy atom. The number of imide groups is 1. The van der Waals surface area contributed by atoms with E-state index in [0.717, 1.165) is 25.9 Å². The number of hydrogen-bond acceptors (Lipinski definition) is 5. The van der Waals surface area contributed by atoms with E-state index in [1.807, 2.05) is 0 Å². The van der Waals surface area contributed by atoms with Gasteiger partial charge in [-0.25, -0.2) is 9.78 Å². The third kappa shape index (κ3) is 2.71. The van der Waals surface area contributed by atoms with Crippen LogP contribution in [0, 0.1) is 0 Å².